The third-order valence-electron chi connectivity index (χ3n) is 3.66. The largest absolute Gasteiger partial charge is 0.382 e. The van der Waals surface area contributed by atoms with Crippen molar-refractivity contribution in [1.29, 1.82) is 0 Å². The minimum absolute atomic E-state index is 0.0227. The molecule has 0 saturated carbocycles. The maximum atomic E-state index is 10.7. The summed E-state index contributed by atoms with van der Waals surface area (Å²) >= 11 is 0. The summed E-state index contributed by atoms with van der Waals surface area (Å²) in [6.07, 6.45) is 8.36. The minimum Gasteiger partial charge on any atom is -0.382 e. The molecular formula is C17H37O7P. The molecular weight excluding hydrogens is 347 g/mol. The van der Waals surface area contributed by atoms with E-state index < -0.39 is 7.60 Å². The van der Waals surface area contributed by atoms with Crippen LogP contribution in [0.15, 0.2) is 0 Å². The molecule has 0 aromatic carbocycles. The molecule has 0 amide bonds. The fourth-order valence-corrected chi connectivity index (χ4v) is 2.90. The van der Waals surface area contributed by atoms with Gasteiger partial charge in [-0.3, -0.25) is 4.57 Å². The van der Waals surface area contributed by atoms with Crippen LogP contribution in [0.25, 0.3) is 0 Å². The van der Waals surface area contributed by atoms with Crippen LogP contribution in [0.2, 0.25) is 0 Å². The Morgan fingerprint density at radius 3 is 1.48 bits per heavy atom. The first kappa shape index (κ1) is 25.0. The van der Waals surface area contributed by atoms with Gasteiger partial charge in [0, 0.05) is 19.9 Å². The molecule has 2 N–H and O–H groups in total. The van der Waals surface area contributed by atoms with Crippen LogP contribution in [0, 0.1) is 0 Å². The first-order valence-corrected chi connectivity index (χ1v) is 11.1. The van der Waals surface area contributed by atoms with Crippen molar-refractivity contribution in [2.75, 3.05) is 59.5 Å². The molecule has 0 radical (unpaired) electrons. The quantitative estimate of drug-likeness (QED) is 0.246. The van der Waals surface area contributed by atoms with Gasteiger partial charge >= 0.3 is 7.60 Å². The monoisotopic (exact) mass is 384 g/mol. The van der Waals surface area contributed by atoms with E-state index in [1.165, 1.54) is 12.8 Å². The SMILES string of the molecule is COCCOCCOCCOCCCCCCCCCCP(=O)(O)O. The van der Waals surface area contributed by atoms with E-state index in [9.17, 15) is 4.57 Å². The van der Waals surface area contributed by atoms with Gasteiger partial charge in [0.15, 0.2) is 0 Å². The Morgan fingerprint density at radius 1 is 0.600 bits per heavy atom. The zero-order valence-electron chi connectivity index (χ0n) is 15.7. The first-order valence-electron chi connectivity index (χ1n) is 9.33. The number of rotatable bonds is 20. The standard InChI is InChI=1S/C17H37O7P/c1-21-11-12-23-15-16-24-14-13-22-10-8-6-4-2-3-5-7-9-17-25(18,19)20/h2-17H2,1H3,(H2,18,19,20). The van der Waals surface area contributed by atoms with Crippen LogP contribution in [-0.2, 0) is 23.5 Å². The smallest absolute Gasteiger partial charge is 0.325 e. The second kappa shape index (κ2) is 18.8. The van der Waals surface area contributed by atoms with Crippen molar-refractivity contribution in [3.8, 4) is 0 Å². The highest BCUT2D eigenvalue weighted by Crippen LogP contribution is 2.35. The molecule has 0 spiro atoms. The highest BCUT2D eigenvalue weighted by Gasteiger charge is 2.10. The topological polar surface area (TPSA) is 94.5 Å². The van der Waals surface area contributed by atoms with E-state index in [0.717, 1.165) is 38.7 Å². The van der Waals surface area contributed by atoms with E-state index in [2.05, 4.69) is 0 Å². The third-order valence-corrected chi connectivity index (χ3v) is 4.56. The van der Waals surface area contributed by atoms with E-state index in [0.29, 0.717) is 46.1 Å². The van der Waals surface area contributed by atoms with Crippen molar-refractivity contribution in [2.24, 2.45) is 0 Å². The number of ether oxygens (including phenoxy) is 4. The van der Waals surface area contributed by atoms with Crippen molar-refractivity contribution >= 4 is 7.60 Å². The van der Waals surface area contributed by atoms with Gasteiger partial charge in [-0.2, -0.15) is 0 Å². The predicted octanol–water partition coefficient (Wildman–Crippen LogP) is 2.98. The van der Waals surface area contributed by atoms with Gasteiger partial charge in [0.05, 0.1) is 39.6 Å². The summed E-state index contributed by atoms with van der Waals surface area (Å²) in [5.41, 5.74) is 0. The van der Waals surface area contributed by atoms with Crippen LogP contribution < -0.4 is 0 Å². The van der Waals surface area contributed by atoms with Crippen molar-refractivity contribution in [1.82, 2.24) is 0 Å². The van der Waals surface area contributed by atoms with Gasteiger partial charge in [0.1, 0.15) is 0 Å². The predicted molar refractivity (Wildman–Crippen MR) is 98.2 cm³/mol. The Bertz CT molecular complexity index is 309. The molecule has 0 aliphatic rings. The molecule has 0 aliphatic heterocycles. The van der Waals surface area contributed by atoms with Crippen LogP contribution >= 0.6 is 7.60 Å². The zero-order chi connectivity index (χ0) is 18.6. The lowest BCUT2D eigenvalue weighted by Crippen LogP contribution is -2.11. The van der Waals surface area contributed by atoms with E-state index >= 15 is 0 Å². The lowest BCUT2D eigenvalue weighted by Gasteiger charge is -2.07. The molecule has 0 fully saturated rings. The molecule has 0 atom stereocenters. The van der Waals surface area contributed by atoms with Gasteiger partial charge in [-0.05, 0) is 12.8 Å². The Kier molecular flexibility index (Phi) is 18.8. The lowest BCUT2D eigenvalue weighted by molar-refractivity contribution is 0.00323. The molecule has 0 aliphatic carbocycles. The Balaban J connectivity index is 3.02. The molecule has 0 aromatic heterocycles. The van der Waals surface area contributed by atoms with Crippen LogP contribution in [-0.4, -0.2) is 69.3 Å². The highest BCUT2D eigenvalue weighted by atomic mass is 31.2. The summed E-state index contributed by atoms with van der Waals surface area (Å²) in [6.45, 7) is 4.38. The Morgan fingerprint density at radius 2 is 1.00 bits per heavy atom. The number of methoxy groups -OCH3 is 1. The van der Waals surface area contributed by atoms with Gasteiger partial charge in [-0.25, -0.2) is 0 Å². The van der Waals surface area contributed by atoms with Crippen LogP contribution in [0.1, 0.15) is 51.4 Å². The maximum Gasteiger partial charge on any atom is 0.325 e. The molecule has 0 unspecified atom stereocenters. The van der Waals surface area contributed by atoms with Gasteiger partial charge in [0.25, 0.3) is 0 Å². The third kappa shape index (κ3) is 24.0. The van der Waals surface area contributed by atoms with Crippen LogP contribution in [0.4, 0.5) is 0 Å². The molecule has 25 heavy (non-hydrogen) atoms. The van der Waals surface area contributed by atoms with Crippen LogP contribution in [0.5, 0.6) is 0 Å². The minimum atomic E-state index is -3.79. The van der Waals surface area contributed by atoms with Gasteiger partial charge in [-0.15, -0.1) is 0 Å². The van der Waals surface area contributed by atoms with Crippen molar-refractivity contribution in [3.05, 3.63) is 0 Å². The zero-order valence-corrected chi connectivity index (χ0v) is 16.6. The van der Waals surface area contributed by atoms with E-state index in [-0.39, 0.29) is 6.16 Å². The van der Waals surface area contributed by atoms with Crippen molar-refractivity contribution < 1.29 is 33.3 Å². The van der Waals surface area contributed by atoms with E-state index in [1.54, 1.807) is 7.11 Å². The van der Waals surface area contributed by atoms with E-state index in [4.69, 9.17) is 28.7 Å². The number of hydrogen-bond donors (Lipinski definition) is 2. The van der Waals surface area contributed by atoms with Crippen LogP contribution in [0.3, 0.4) is 0 Å². The summed E-state index contributed by atoms with van der Waals surface area (Å²) in [7, 11) is -2.14. The average molecular weight is 384 g/mol. The molecule has 7 nitrogen and oxygen atoms in total. The molecule has 0 rings (SSSR count). The summed E-state index contributed by atoms with van der Waals surface area (Å²) in [5, 5.41) is 0. The van der Waals surface area contributed by atoms with E-state index in [1.807, 2.05) is 0 Å². The summed E-state index contributed by atoms with van der Waals surface area (Å²) in [6, 6.07) is 0. The summed E-state index contributed by atoms with van der Waals surface area (Å²) in [5.74, 6) is 0. The highest BCUT2D eigenvalue weighted by molar-refractivity contribution is 7.51. The van der Waals surface area contributed by atoms with Gasteiger partial charge in [0.2, 0.25) is 0 Å². The Labute approximate surface area is 152 Å². The molecule has 0 bridgehead atoms. The lowest BCUT2D eigenvalue weighted by atomic mass is 10.1. The summed E-state index contributed by atoms with van der Waals surface area (Å²) in [4.78, 5) is 17.5. The maximum absolute atomic E-state index is 10.7. The summed E-state index contributed by atoms with van der Waals surface area (Å²) < 4.78 is 31.7. The fraction of sp³-hybridized carbons (Fsp3) is 1.00. The molecule has 8 heteroatoms. The normalized spacial score (nSPS) is 12.0. The first-order chi connectivity index (χ1) is 12.1. The Hall–Kier alpha value is -0.0100. The fourth-order valence-electron chi connectivity index (χ4n) is 2.27. The molecule has 0 saturated heterocycles. The molecule has 0 aromatic rings. The van der Waals surface area contributed by atoms with Gasteiger partial charge < -0.3 is 28.7 Å². The van der Waals surface area contributed by atoms with Crippen molar-refractivity contribution in [2.45, 2.75) is 51.4 Å². The van der Waals surface area contributed by atoms with Crippen molar-refractivity contribution in [3.63, 3.8) is 0 Å². The second-order valence-electron chi connectivity index (χ2n) is 6.05. The number of hydrogen-bond acceptors (Lipinski definition) is 5. The second-order valence-corrected chi connectivity index (χ2v) is 7.82. The molecule has 152 valence electrons. The average Bonchev–Trinajstić information content (AvgIpc) is 2.56. The van der Waals surface area contributed by atoms with Gasteiger partial charge in [-0.1, -0.05) is 38.5 Å². The number of unbranched alkanes of at least 4 members (excludes halogenated alkanes) is 7. The molecule has 0 heterocycles.